The molecule has 0 bridgehead atoms. The molecule has 0 spiro atoms. The summed E-state index contributed by atoms with van der Waals surface area (Å²) < 4.78 is 11.2. The quantitative estimate of drug-likeness (QED) is 0.506. The molecular formula is C23H23NO7. The molecule has 0 fully saturated rings. The Hall–Kier alpha value is -3.81. The SMILES string of the molecule is CC(C)C[C@@H](NC(=O)COc1cc(O)c2c(=O)cc(-c3ccccc3)oc2c1)C(=O)O. The van der Waals surface area contributed by atoms with Crippen LogP contribution in [0.3, 0.4) is 0 Å². The van der Waals surface area contributed by atoms with Crippen LogP contribution in [0.15, 0.2) is 57.7 Å². The average molecular weight is 425 g/mol. The third-order valence-electron chi connectivity index (χ3n) is 4.55. The topological polar surface area (TPSA) is 126 Å². The molecule has 0 saturated heterocycles. The molecule has 0 saturated carbocycles. The molecule has 3 N–H and O–H groups in total. The number of carboxylic acid groups (broad SMARTS) is 1. The Labute approximate surface area is 178 Å². The maximum atomic E-state index is 12.5. The highest BCUT2D eigenvalue weighted by Gasteiger charge is 2.21. The van der Waals surface area contributed by atoms with Gasteiger partial charge in [0.25, 0.3) is 5.91 Å². The third kappa shape index (κ3) is 5.42. The van der Waals surface area contributed by atoms with Crippen molar-refractivity contribution in [2.24, 2.45) is 5.92 Å². The fraction of sp³-hybridized carbons (Fsp3) is 0.261. The first-order chi connectivity index (χ1) is 14.7. The second-order valence-electron chi connectivity index (χ2n) is 7.53. The zero-order chi connectivity index (χ0) is 22.5. The summed E-state index contributed by atoms with van der Waals surface area (Å²) in [6.45, 7) is 3.25. The van der Waals surface area contributed by atoms with Gasteiger partial charge in [-0.3, -0.25) is 9.59 Å². The highest BCUT2D eigenvalue weighted by atomic mass is 16.5. The lowest BCUT2D eigenvalue weighted by molar-refractivity contribution is -0.142. The van der Waals surface area contributed by atoms with Gasteiger partial charge < -0.3 is 24.7 Å². The van der Waals surface area contributed by atoms with Crippen molar-refractivity contribution in [2.45, 2.75) is 26.3 Å². The van der Waals surface area contributed by atoms with Crippen LogP contribution in [0, 0.1) is 5.92 Å². The van der Waals surface area contributed by atoms with E-state index in [0.29, 0.717) is 11.3 Å². The molecular weight excluding hydrogens is 402 g/mol. The van der Waals surface area contributed by atoms with E-state index < -0.39 is 30.0 Å². The summed E-state index contributed by atoms with van der Waals surface area (Å²) in [5, 5.41) is 21.9. The maximum absolute atomic E-state index is 12.5. The van der Waals surface area contributed by atoms with Crippen LogP contribution in [0.25, 0.3) is 22.3 Å². The fourth-order valence-corrected chi connectivity index (χ4v) is 3.15. The summed E-state index contributed by atoms with van der Waals surface area (Å²) in [6.07, 6.45) is 0.283. The number of phenolic OH excluding ortho intramolecular Hbond substituents is 1. The van der Waals surface area contributed by atoms with Crippen molar-refractivity contribution in [2.75, 3.05) is 6.61 Å². The standard InChI is InChI=1S/C23H23NO7/c1-13(2)8-16(23(28)29)24-21(27)12-30-15-9-17(25)22-18(26)11-19(31-20(22)10-15)14-6-4-3-5-7-14/h3-7,9-11,13,16,25H,8,12H2,1-2H3,(H,24,27)(H,28,29)/t16-/m1/s1. The highest BCUT2D eigenvalue weighted by Crippen LogP contribution is 2.31. The maximum Gasteiger partial charge on any atom is 0.326 e. The van der Waals surface area contributed by atoms with Gasteiger partial charge in [0, 0.05) is 23.8 Å². The largest absolute Gasteiger partial charge is 0.507 e. The lowest BCUT2D eigenvalue weighted by atomic mass is 10.0. The number of carbonyl (C=O) groups excluding carboxylic acids is 1. The second kappa shape index (κ2) is 9.34. The van der Waals surface area contributed by atoms with E-state index in [4.69, 9.17) is 9.15 Å². The van der Waals surface area contributed by atoms with Crippen molar-refractivity contribution in [1.82, 2.24) is 5.32 Å². The monoisotopic (exact) mass is 425 g/mol. The summed E-state index contributed by atoms with van der Waals surface area (Å²) in [5.74, 6) is -1.58. The molecule has 3 aromatic rings. The fourth-order valence-electron chi connectivity index (χ4n) is 3.15. The molecule has 1 heterocycles. The number of carboxylic acids is 1. The smallest absolute Gasteiger partial charge is 0.326 e. The van der Waals surface area contributed by atoms with Gasteiger partial charge in [-0.15, -0.1) is 0 Å². The molecule has 0 aliphatic heterocycles. The van der Waals surface area contributed by atoms with Gasteiger partial charge in [0.1, 0.15) is 34.3 Å². The van der Waals surface area contributed by atoms with E-state index in [1.54, 1.807) is 24.3 Å². The van der Waals surface area contributed by atoms with Crippen LogP contribution in [-0.4, -0.2) is 34.7 Å². The van der Waals surface area contributed by atoms with E-state index in [2.05, 4.69) is 5.32 Å². The van der Waals surface area contributed by atoms with Crippen LogP contribution in [0.5, 0.6) is 11.5 Å². The van der Waals surface area contributed by atoms with Gasteiger partial charge in [-0.05, 0) is 12.3 Å². The van der Waals surface area contributed by atoms with Crippen LogP contribution in [-0.2, 0) is 9.59 Å². The summed E-state index contributed by atoms with van der Waals surface area (Å²) in [6, 6.07) is 11.9. The first-order valence-electron chi connectivity index (χ1n) is 9.76. The van der Waals surface area contributed by atoms with Crippen molar-refractivity contribution in [3.05, 3.63) is 58.8 Å². The lowest BCUT2D eigenvalue weighted by Crippen LogP contribution is -2.43. The van der Waals surface area contributed by atoms with Gasteiger partial charge in [0.2, 0.25) is 0 Å². The summed E-state index contributed by atoms with van der Waals surface area (Å²) >= 11 is 0. The zero-order valence-electron chi connectivity index (χ0n) is 17.1. The van der Waals surface area contributed by atoms with Gasteiger partial charge >= 0.3 is 5.97 Å². The predicted molar refractivity (Wildman–Crippen MR) is 114 cm³/mol. The molecule has 8 nitrogen and oxygen atoms in total. The van der Waals surface area contributed by atoms with Crippen molar-refractivity contribution in [1.29, 1.82) is 0 Å². The zero-order valence-corrected chi connectivity index (χ0v) is 17.1. The van der Waals surface area contributed by atoms with E-state index in [0.717, 1.165) is 0 Å². The third-order valence-corrected chi connectivity index (χ3v) is 4.55. The van der Waals surface area contributed by atoms with E-state index in [1.165, 1.54) is 18.2 Å². The van der Waals surface area contributed by atoms with Crippen molar-refractivity contribution >= 4 is 22.8 Å². The molecule has 0 aliphatic carbocycles. The number of ether oxygens (including phenoxy) is 1. The molecule has 2 aromatic carbocycles. The predicted octanol–water partition coefficient (Wildman–Crippen LogP) is 3.16. The molecule has 162 valence electrons. The van der Waals surface area contributed by atoms with Crippen molar-refractivity contribution in [3.63, 3.8) is 0 Å². The average Bonchev–Trinajstić information content (AvgIpc) is 2.71. The minimum Gasteiger partial charge on any atom is -0.507 e. The Balaban J connectivity index is 1.80. The molecule has 3 rings (SSSR count). The number of nitrogens with one attached hydrogen (secondary N) is 1. The number of aliphatic carboxylic acids is 1. The molecule has 1 atom stereocenters. The van der Waals surface area contributed by atoms with Crippen LogP contribution in [0.1, 0.15) is 20.3 Å². The Morgan fingerprint density at radius 2 is 1.84 bits per heavy atom. The number of rotatable bonds is 8. The number of aromatic hydroxyl groups is 1. The van der Waals surface area contributed by atoms with E-state index in [-0.39, 0.29) is 34.8 Å². The van der Waals surface area contributed by atoms with Crippen molar-refractivity contribution in [3.8, 4) is 22.8 Å². The van der Waals surface area contributed by atoms with Gasteiger partial charge in [0.15, 0.2) is 12.0 Å². The summed E-state index contributed by atoms with van der Waals surface area (Å²) in [7, 11) is 0. The normalized spacial score (nSPS) is 12.0. The number of fused-ring (bicyclic) bond motifs is 1. The molecule has 0 radical (unpaired) electrons. The summed E-state index contributed by atoms with van der Waals surface area (Å²) in [5.41, 5.74) is 0.376. The molecule has 0 unspecified atom stereocenters. The first-order valence-corrected chi connectivity index (χ1v) is 9.76. The number of carbonyl (C=O) groups is 2. The highest BCUT2D eigenvalue weighted by molar-refractivity contribution is 5.87. The van der Waals surface area contributed by atoms with E-state index in [1.807, 2.05) is 19.9 Å². The Kier molecular flexibility index (Phi) is 6.59. The number of benzene rings is 2. The molecule has 1 amide bonds. The van der Waals surface area contributed by atoms with E-state index >= 15 is 0 Å². The van der Waals surface area contributed by atoms with Gasteiger partial charge in [-0.25, -0.2) is 4.79 Å². The van der Waals surface area contributed by atoms with Gasteiger partial charge in [0.05, 0.1) is 0 Å². The Morgan fingerprint density at radius 3 is 2.48 bits per heavy atom. The number of amides is 1. The van der Waals surface area contributed by atoms with Crippen LogP contribution in [0.4, 0.5) is 0 Å². The first kappa shape index (κ1) is 21.9. The minimum absolute atomic E-state index is 0.000595. The summed E-state index contributed by atoms with van der Waals surface area (Å²) in [4.78, 5) is 35.9. The molecule has 8 heteroatoms. The molecule has 31 heavy (non-hydrogen) atoms. The van der Waals surface area contributed by atoms with Crippen LogP contribution < -0.4 is 15.5 Å². The van der Waals surface area contributed by atoms with Crippen LogP contribution >= 0.6 is 0 Å². The van der Waals surface area contributed by atoms with Gasteiger partial charge in [-0.1, -0.05) is 44.2 Å². The van der Waals surface area contributed by atoms with Crippen LogP contribution in [0.2, 0.25) is 0 Å². The second-order valence-corrected chi connectivity index (χ2v) is 7.53. The number of hydrogen-bond acceptors (Lipinski definition) is 6. The Morgan fingerprint density at radius 1 is 1.13 bits per heavy atom. The molecule has 1 aromatic heterocycles. The minimum atomic E-state index is -1.12. The molecule has 0 aliphatic rings. The number of hydrogen-bond donors (Lipinski definition) is 3. The Bertz CT molecular complexity index is 1150. The van der Waals surface area contributed by atoms with Gasteiger partial charge in [-0.2, -0.15) is 0 Å². The van der Waals surface area contributed by atoms with E-state index in [9.17, 15) is 24.6 Å². The number of phenols is 1. The van der Waals surface area contributed by atoms with Crippen molar-refractivity contribution < 1.29 is 29.0 Å². The lowest BCUT2D eigenvalue weighted by Gasteiger charge is -2.16.